The molecule has 1 aliphatic rings. The molecule has 2 aromatic carbocycles. The van der Waals surface area contributed by atoms with Gasteiger partial charge in [0.15, 0.2) is 0 Å². The quantitative estimate of drug-likeness (QED) is 0.744. The molecule has 0 spiro atoms. The Morgan fingerprint density at radius 2 is 1.83 bits per heavy atom. The number of hydrogen-bond donors (Lipinski definition) is 1. The third-order valence-electron chi connectivity index (χ3n) is 5.35. The highest BCUT2D eigenvalue weighted by molar-refractivity contribution is 7.89. The van der Waals surface area contributed by atoms with Crippen LogP contribution in [0.2, 0.25) is 0 Å². The van der Waals surface area contributed by atoms with Crippen LogP contribution in [0.5, 0.6) is 5.75 Å². The van der Waals surface area contributed by atoms with Crippen molar-refractivity contribution in [2.24, 2.45) is 5.92 Å². The third-order valence-corrected chi connectivity index (χ3v) is 7.27. The molecule has 29 heavy (non-hydrogen) atoms. The Kier molecular flexibility index (Phi) is 6.92. The van der Waals surface area contributed by atoms with Crippen molar-refractivity contribution in [3.63, 3.8) is 0 Å². The maximum absolute atomic E-state index is 12.8. The number of anilines is 1. The van der Waals surface area contributed by atoms with E-state index in [1.165, 1.54) is 4.31 Å². The number of piperidine rings is 1. The molecule has 1 aliphatic heterocycles. The van der Waals surface area contributed by atoms with Crippen LogP contribution >= 0.6 is 0 Å². The van der Waals surface area contributed by atoms with Gasteiger partial charge in [-0.1, -0.05) is 12.1 Å². The lowest BCUT2D eigenvalue weighted by Gasteiger charge is -2.31. The number of hydrogen-bond acceptors (Lipinski definition) is 4. The van der Waals surface area contributed by atoms with Crippen molar-refractivity contribution in [3.8, 4) is 5.75 Å². The first-order valence-corrected chi connectivity index (χ1v) is 11.3. The van der Waals surface area contributed by atoms with Gasteiger partial charge in [-0.15, -0.1) is 0 Å². The van der Waals surface area contributed by atoms with Gasteiger partial charge in [0.25, 0.3) is 0 Å². The smallest absolute Gasteiger partial charge is 0.243 e. The van der Waals surface area contributed by atoms with Gasteiger partial charge in [-0.2, -0.15) is 4.31 Å². The van der Waals surface area contributed by atoms with Crippen molar-refractivity contribution in [2.45, 2.75) is 37.5 Å². The fourth-order valence-electron chi connectivity index (χ4n) is 3.62. The van der Waals surface area contributed by atoms with Crippen LogP contribution in [-0.2, 0) is 14.8 Å². The summed E-state index contributed by atoms with van der Waals surface area (Å²) in [5.74, 6) is 0.996. The highest BCUT2D eigenvalue weighted by Gasteiger charge is 2.29. The van der Waals surface area contributed by atoms with Crippen LogP contribution in [0.4, 0.5) is 5.69 Å². The number of methoxy groups -OCH3 is 1. The van der Waals surface area contributed by atoms with Gasteiger partial charge in [0, 0.05) is 25.2 Å². The van der Waals surface area contributed by atoms with E-state index in [1.54, 1.807) is 31.4 Å². The van der Waals surface area contributed by atoms with Gasteiger partial charge < -0.3 is 10.1 Å². The van der Waals surface area contributed by atoms with Crippen LogP contribution in [0.15, 0.2) is 53.4 Å². The fraction of sp³-hybridized carbons (Fsp3) is 0.409. The number of aryl methyl sites for hydroxylation is 1. The molecular weight excluding hydrogens is 388 g/mol. The minimum Gasteiger partial charge on any atom is -0.497 e. The maximum atomic E-state index is 12.8. The van der Waals surface area contributed by atoms with Crippen molar-refractivity contribution in [1.29, 1.82) is 0 Å². The Bertz CT molecular complexity index is 934. The largest absolute Gasteiger partial charge is 0.497 e. The maximum Gasteiger partial charge on any atom is 0.243 e. The molecule has 1 heterocycles. The number of rotatable bonds is 7. The molecule has 0 bridgehead atoms. The molecule has 1 fully saturated rings. The second kappa shape index (κ2) is 9.41. The number of carbonyl (C=O) groups excluding carboxylic acids is 1. The Morgan fingerprint density at radius 3 is 2.45 bits per heavy atom. The summed E-state index contributed by atoms with van der Waals surface area (Å²) in [6, 6.07) is 14.2. The first-order chi connectivity index (χ1) is 13.9. The Balaban J connectivity index is 1.47. The molecule has 0 unspecified atom stereocenters. The van der Waals surface area contributed by atoms with Crippen LogP contribution in [0.1, 0.15) is 31.2 Å². The Morgan fingerprint density at radius 1 is 1.14 bits per heavy atom. The van der Waals surface area contributed by atoms with Gasteiger partial charge >= 0.3 is 0 Å². The summed E-state index contributed by atoms with van der Waals surface area (Å²) >= 11 is 0. The van der Waals surface area contributed by atoms with E-state index in [2.05, 4.69) is 5.32 Å². The topological polar surface area (TPSA) is 75.7 Å². The van der Waals surface area contributed by atoms with Gasteiger partial charge in [-0.25, -0.2) is 8.42 Å². The number of ether oxygens (including phenoxy) is 1. The molecule has 3 rings (SSSR count). The summed E-state index contributed by atoms with van der Waals surface area (Å²) in [7, 11) is -1.94. The van der Waals surface area contributed by atoms with Crippen LogP contribution in [0.25, 0.3) is 0 Å². The molecule has 1 amide bonds. The average molecular weight is 417 g/mol. The van der Waals surface area contributed by atoms with Crippen molar-refractivity contribution >= 4 is 21.6 Å². The van der Waals surface area contributed by atoms with Gasteiger partial charge in [-0.05, 0) is 74.1 Å². The second-order valence-corrected chi connectivity index (χ2v) is 9.42. The number of nitrogens with one attached hydrogen (secondary N) is 1. The Labute approximate surface area is 172 Å². The molecular formula is C22H28N2O4S. The van der Waals surface area contributed by atoms with E-state index in [4.69, 9.17) is 4.74 Å². The van der Waals surface area contributed by atoms with Crippen LogP contribution in [0, 0.1) is 12.8 Å². The summed E-state index contributed by atoms with van der Waals surface area (Å²) in [5, 5.41) is 2.93. The lowest BCUT2D eigenvalue weighted by atomic mass is 9.93. The summed E-state index contributed by atoms with van der Waals surface area (Å²) in [5.41, 5.74) is 1.92. The molecule has 7 heteroatoms. The van der Waals surface area contributed by atoms with E-state index in [0.717, 1.165) is 30.5 Å². The van der Waals surface area contributed by atoms with E-state index in [-0.39, 0.29) is 10.8 Å². The van der Waals surface area contributed by atoms with Gasteiger partial charge in [0.1, 0.15) is 5.75 Å². The van der Waals surface area contributed by atoms with E-state index in [0.29, 0.717) is 31.2 Å². The minimum absolute atomic E-state index is 0.00360. The van der Waals surface area contributed by atoms with Crippen molar-refractivity contribution in [2.75, 3.05) is 25.5 Å². The highest BCUT2D eigenvalue weighted by Crippen LogP contribution is 2.27. The normalized spacial score (nSPS) is 15.8. The summed E-state index contributed by atoms with van der Waals surface area (Å²) in [6.07, 6.45) is 2.76. The van der Waals surface area contributed by atoms with E-state index >= 15 is 0 Å². The molecule has 1 saturated heterocycles. The van der Waals surface area contributed by atoms with E-state index in [1.807, 2.05) is 31.2 Å². The second-order valence-electron chi connectivity index (χ2n) is 7.48. The van der Waals surface area contributed by atoms with Gasteiger partial charge in [-0.3, -0.25) is 4.79 Å². The fourth-order valence-corrected chi connectivity index (χ4v) is 5.09. The van der Waals surface area contributed by atoms with Crippen molar-refractivity contribution < 1.29 is 17.9 Å². The highest BCUT2D eigenvalue weighted by atomic mass is 32.2. The first-order valence-electron chi connectivity index (χ1n) is 9.89. The number of carbonyl (C=O) groups is 1. The number of nitrogens with zero attached hydrogens (tertiary/aromatic N) is 1. The predicted octanol–water partition coefficient (Wildman–Crippen LogP) is 3.82. The molecule has 156 valence electrons. The van der Waals surface area contributed by atoms with Gasteiger partial charge in [0.05, 0.1) is 12.0 Å². The SMILES string of the molecule is COc1ccc(S(=O)(=O)N2CCC(CCC(=O)Nc3cccc(C)c3)CC2)cc1. The first kappa shape index (κ1) is 21.3. The molecule has 0 atom stereocenters. The number of sulfonamides is 1. The number of amides is 1. The summed E-state index contributed by atoms with van der Waals surface area (Å²) < 4.78 is 32.3. The summed E-state index contributed by atoms with van der Waals surface area (Å²) in [4.78, 5) is 12.5. The minimum atomic E-state index is -3.49. The monoisotopic (exact) mass is 416 g/mol. The average Bonchev–Trinajstić information content (AvgIpc) is 2.72. The molecule has 0 aliphatic carbocycles. The number of benzene rings is 2. The lowest BCUT2D eigenvalue weighted by molar-refractivity contribution is -0.116. The molecule has 6 nitrogen and oxygen atoms in total. The molecule has 0 radical (unpaired) electrons. The molecule has 0 saturated carbocycles. The van der Waals surface area contributed by atoms with Gasteiger partial charge in [0.2, 0.25) is 15.9 Å². The van der Waals surface area contributed by atoms with Crippen LogP contribution in [0.3, 0.4) is 0 Å². The third kappa shape index (κ3) is 5.58. The van der Waals surface area contributed by atoms with Crippen molar-refractivity contribution in [3.05, 3.63) is 54.1 Å². The zero-order valence-corrected chi connectivity index (χ0v) is 17.7. The van der Waals surface area contributed by atoms with E-state index in [9.17, 15) is 13.2 Å². The van der Waals surface area contributed by atoms with Crippen LogP contribution in [-0.4, -0.2) is 38.8 Å². The lowest BCUT2D eigenvalue weighted by Crippen LogP contribution is -2.38. The van der Waals surface area contributed by atoms with E-state index < -0.39 is 10.0 Å². The van der Waals surface area contributed by atoms with Crippen LogP contribution < -0.4 is 10.1 Å². The molecule has 0 aromatic heterocycles. The predicted molar refractivity (Wildman–Crippen MR) is 114 cm³/mol. The van der Waals surface area contributed by atoms with Crippen molar-refractivity contribution in [1.82, 2.24) is 4.31 Å². The molecule has 2 aromatic rings. The zero-order chi connectivity index (χ0) is 20.9. The standard InChI is InChI=1S/C22H28N2O4S/c1-17-4-3-5-19(16-17)23-22(25)11-6-18-12-14-24(15-13-18)29(26,27)21-9-7-20(28-2)8-10-21/h3-5,7-10,16,18H,6,11-15H2,1-2H3,(H,23,25). The zero-order valence-electron chi connectivity index (χ0n) is 16.9. The Hall–Kier alpha value is -2.38. The molecule has 1 N–H and O–H groups in total. The summed E-state index contributed by atoms with van der Waals surface area (Å²) in [6.45, 7) is 2.96.